The quantitative estimate of drug-likeness (QED) is 0.762. The van der Waals surface area contributed by atoms with Gasteiger partial charge in [0, 0.05) is 4.88 Å². The van der Waals surface area contributed by atoms with Gasteiger partial charge in [-0.05, 0) is 41.8 Å². The van der Waals surface area contributed by atoms with Crippen LogP contribution in [0.25, 0.3) is 0 Å². The second kappa shape index (κ2) is 9.50. The van der Waals surface area contributed by atoms with E-state index in [-0.39, 0.29) is 6.04 Å². The van der Waals surface area contributed by atoms with Gasteiger partial charge in [-0.25, -0.2) is 4.79 Å². The van der Waals surface area contributed by atoms with E-state index in [0.717, 1.165) is 16.9 Å². The Bertz CT molecular complexity index is 713. The fourth-order valence-electron chi connectivity index (χ4n) is 2.64. The normalized spacial score (nSPS) is 14.3. The molecule has 1 heterocycles. The lowest BCUT2D eigenvalue weighted by Crippen LogP contribution is -2.45. The smallest absolute Gasteiger partial charge is 0.413 e. The van der Waals surface area contributed by atoms with Crippen molar-refractivity contribution in [1.29, 1.82) is 0 Å². The predicted octanol–water partition coefficient (Wildman–Crippen LogP) is 4.21. The molecule has 0 aliphatic heterocycles. The molecule has 0 unspecified atom stereocenters. The number of hydrogen-bond acceptors (Lipinski definition) is 5. The van der Waals surface area contributed by atoms with E-state index < -0.39 is 18.0 Å². The fourth-order valence-corrected chi connectivity index (χ4v) is 3.45. The minimum absolute atomic E-state index is 0.126. The molecule has 26 heavy (non-hydrogen) atoms. The lowest BCUT2D eigenvalue weighted by Gasteiger charge is -2.23. The Morgan fingerprint density at radius 3 is 2.31 bits per heavy atom. The Morgan fingerprint density at radius 2 is 1.77 bits per heavy atom. The van der Waals surface area contributed by atoms with Gasteiger partial charge >= 0.3 is 6.09 Å². The van der Waals surface area contributed by atoms with Crippen LogP contribution >= 0.6 is 11.3 Å². The highest BCUT2D eigenvalue weighted by Crippen LogP contribution is 2.28. The molecule has 2 rings (SSSR count). The molecule has 0 bridgehead atoms. The van der Waals surface area contributed by atoms with Crippen molar-refractivity contribution in [2.24, 2.45) is 0 Å². The van der Waals surface area contributed by atoms with E-state index in [4.69, 9.17) is 0 Å². The highest BCUT2D eigenvalue weighted by atomic mass is 32.1. The molecular formula is C20H26N2O3S. The van der Waals surface area contributed by atoms with Crippen molar-refractivity contribution in [2.75, 3.05) is 7.11 Å². The molecule has 0 spiro atoms. The molecule has 5 nitrogen and oxygen atoms in total. The molecule has 6 heteroatoms. The van der Waals surface area contributed by atoms with Crippen molar-refractivity contribution in [1.82, 2.24) is 10.6 Å². The minimum Gasteiger partial charge on any atom is -0.453 e. The average Bonchev–Trinajstić information content (AvgIpc) is 3.19. The summed E-state index contributed by atoms with van der Waals surface area (Å²) in [5, 5.41) is 7.53. The number of carbonyl (C=O) groups is 2. The van der Waals surface area contributed by atoms with Gasteiger partial charge in [-0.2, -0.15) is 0 Å². The zero-order chi connectivity index (χ0) is 19.1. The molecule has 0 saturated carbocycles. The number of rotatable bonds is 7. The van der Waals surface area contributed by atoms with E-state index in [0.29, 0.717) is 5.92 Å². The lowest BCUT2D eigenvalue weighted by atomic mass is 9.95. The third kappa shape index (κ3) is 5.16. The van der Waals surface area contributed by atoms with Crippen LogP contribution in [0.2, 0.25) is 0 Å². The van der Waals surface area contributed by atoms with Gasteiger partial charge in [-0.15, -0.1) is 11.3 Å². The van der Waals surface area contributed by atoms with Gasteiger partial charge < -0.3 is 4.74 Å². The molecule has 0 radical (unpaired) electrons. The van der Waals surface area contributed by atoms with Crippen LogP contribution in [0.1, 0.15) is 55.2 Å². The van der Waals surface area contributed by atoms with Gasteiger partial charge in [-0.3, -0.25) is 15.4 Å². The predicted molar refractivity (Wildman–Crippen MR) is 104 cm³/mol. The van der Waals surface area contributed by atoms with Crippen molar-refractivity contribution in [3.8, 4) is 0 Å². The van der Waals surface area contributed by atoms with Gasteiger partial charge in [0.2, 0.25) is 5.91 Å². The molecule has 0 aliphatic rings. The largest absolute Gasteiger partial charge is 0.453 e. The number of thiophene rings is 1. The SMILES string of the molecule is CC[C@@H](C)c1ccc([C@@H](N[C@@H](C)C(=O)NC(=O)OC)c2cccs2)cc1. The first-order chi connectivity index (χ1) is 12.5. The number of ether oxygens (including phenoxy) is 1. The molecule has 0 fully saturated rings. The van der Waals surface area contributed by atoms with Gasteiger partial charge in [0.15, 0.2) is 0 Å². The molecule has 1 aromatic carbocycles. The molecule has 0 saturated heterocycles. The van der Waals surface area contributed by atoms with Crippen molar-refractivity contribution in [3.63, 3.8) is 0 Å². The summed E-state index contributed by atoms with van der Waals surface area (Å²) in [6, 6.07) is 11.8. The second-order valence-corrected chi connectivity index (χ2v) is 7.27. The number of alkyl carbamates (subject to hydrolysis) is 1. The Morgan fingerprint density at radius 1 is 1.12 bits per heavy atom. The monoisotopic (exact) mass is 374 g/mol. The molecule has 2 N–H and O–H groups in total. The van der Waals surface area contributed by atoms with E-state index in [1.54, 1.807) is 18.3 Å². The maximum absolute atomic E-state index is 12.2. The summed E-state index contributed by atoms with van der Waals surface area (Å²) in [5.74, 6) is 0.0941. The molecule has 140 valence electrons. The summed E-state index contributed by atoms with van der Waals surface area (Å²) in [7, 11) is 1.23. The van der Waals surface area contributed by atoms with E-state index in [1.165, 1.54) is 12.7 Å². The summed E-state index contributed by atoms with van der Waals surface area (Å²) >= 11 is 1.63. The van der Waals surface area contributed by atoms with Crippen LogP contribution in [0, 0.1) is 0 Å². The highest BCUT2D eigenvalue weighted by molar-refractivity contribution is 7.10. The van der Waals surface area contributed by atoms with Gasteiger partial charge in [0.1, 0.15) is 0 Å². The summed E-state index contributed by atoms with van der Waals surface area (Å²) in [4.78, 5) is 24.5. The Balaban J connectivity index is 2.19. The first-order valence-electron chi connectivity index (χ1n) is 8.74. The van der Waals surface area contributed by atoms with Crippen LogP contribution in [-0.2, 0) is 9.53 Å². The first kappa shape index (κ1) is 20.1. The summed E-state index contributed by atoms with van der Waals surface area (Å²) in [5.41, 5.74) is 2.38. The third-order valence-electron chi connectivity index (χ3n) is 4.50. The molecule has 2 aromatic rings. The number of nitrogens with one attached hydrogen (secondary N) is 2. The molecule has 2 amide bonds. The van der Waals surface area contributed by atoms with Crippen molar-refractivity contribution >= 4 is 23.3 Å². The van der Waals surface area contributed by atoms with E-state index in [2.05, 4.69) is 53.5 Å². The zero-order valence-corrected chi connectivity index (χ0v) is 16.4. The molecule has 3 atom stereocenters. The van der Waals surface area contributed by atoms with Crippen LogP contribution < -0.4 is 10.6 Å². The standard InChI is InChI=1S/C20H26N2O3S/c1-5-13(2)15-8-10-16(11-9-15)18(17-7-6-12-26-17)21-14(3)19(23)22-20(24)25-4/h6-14,18,21H,5H2,1-4H3,(H,22,23,24)/t13-,14+,18-/m1/s1. The third-order valence-corrected chi connectivity index (χ3v) is 5.44. The topological polar surface area (TPSA) is 67.4 Å². The summed E-state index contributed by atoms with van der Waals surface area (Å²) in [6.07, 6.45) is 0.339. The Hall–Kier alpha value is -2.18. The van der Waals surface area contributed by atoms with Crippen LogP contribution in [0.5, 0.6) is 0 Å². The van der Waals surface area contributed by atoms with Gasteiger partial charge in [0.25, 0.3) is 0 Å². The molecule has 1 aromatic heterocycles. The Kier molecular flexibility index (Phi) is 7.36. The van der Waals surface area contributed by atoms with E-state index >= 15 is 0 Å². The zero-order valence-electron chi connectivity index (χ0n) is 15.6. The first-order valence-corrected chi connectivity index (χ1v) is 9.62. The summed E-state index contributed by atoms with van der Waals surface area (Å²) < 4.78 is 4.48. The highest BCUT2D eigenvalue weighted by Gasteiger charge is 2.23. The maximum atomic E-state index is 12.2. The number of hydrogen-bond donors (Lipinski definition) is 2. The van der Waals surface area contributed by atoms with E-state index in [9.17, 15) is 9.59 Å². The average molecular weight is 375 g/mol. The fraction of sp³-hybridized carbons (Fsp3) is 0.400. The molecular weight excluding hydrogens is 348 g/mol. The van der Waals surface area contributed by atoms with Crippen LogP contribution in [0.4, 0.5) is 4.79 Å². The second-order valence-electron chi connectivity index (χ2n) is 6.29. The van der Waals surface area contributed by atoms with Crippen molar-refractivity contribution in [2.45, 2.75) is 45.2 Å². The van der Waals surface area contributed by atoms with Crippen LogP contribution in [-0.4, -0.2) is 25.2 Å². The van der Waals surface area contributed by atoms with Crippen molar-refractivity contribution in [3.05, 3.63) is 57.8 Å². The van der Waals surface area contributed by atoms with Crippen molar-refractivity contribution < 1.29 is 14.3 Å². The van der Waals surface area contributed by atoms with E-state index in [1.807, 2.05) is 17.5 Å². The Labute approximate surface area is 158 Å². The summed E-state index contributed by atoms with van der Waals surface area (Å²) in [6.45, 7) is 6.12. The maximum Gasteiger partial charge on any atom is 0.413 e. The van der Waals surface area contributed by atoms with Gasteiger partial charge in [0.05, 0.1) is 19.2 Å². The minimum atomic E-state index is -0.755. The number of amides is 2. The van der Waals surface area contributed by atoms with Gasteiger partial charge in [-0.1, -0.05) is 44.2 Å². The lowest BCUT2D eigenvalue weighted by molar-refractivity contribution is -0.122. The number of methoxy groups -OCH3 is 1. The van der Waals surface area contributed by atoms with Crippen LogP contribution in [0.15, 0.2) is 41.8 Å². The molecule has 0 aliphatic carbocycles. The number of benzene rings is 1. The number of imide groups is 1. The number of carbonyl (C=O) groups excluding carboxylic acids is 2. The van der Waals surface area contributed by atoms with Crippen LogP contribution in [0.3, 0.4) is 0 Å².